The molecule has 6 rings (SSSR count). The Kier molecular flexibility index (Phi) is 6.59. The molecule has 1 aliphatic rings. The van der Waals surface area contributed by atoms with E-state index in [9.17, 15) is 4.79 Å². The molecular weight excluding hydrogens is 507 g/mol. The minimum absolute atomic E-state index is 0.0706. The number of aryl methyl sites for hydroxylation is 1. The number of hydrogen-bond donors (Lipinski definition) is 1. The smallest absolute Gasteiger partial charge is 0.246 e. The average Bonchev–Trinajstić information content (AvgIpc) is 3.42. The first-order valence-corrected chi connectivity index (χ1v) is 13.2. The molecule has 10 heteroatoms. The number of amides is 1. The van der Waals surface area contributed by atoms with Gasteiger partial charge in [0.2, 0.25) is 5.91 Å². The van der Waals surface area contributed by atoms with Gasteiger partial charge in [-0.15, -0.1) is 0 Å². The first-order chi connectivity index (χ1) is 19.4. The zero-order valence-electron chi connectivity index (χ0n) is 22.4. The van der Waals surface area contributed by atoms with E-state index in [0.29, 0.717) is 42.0 Å². The standard InChI is InChI=1S/C30H29FN8O/c1-4-27(40)38-12-11-37(16-20(38)3)25-8-7-24-28(29(25)31)30(34-17-32-24)36-23-6-5-22(19(2)13-23)14-21-9-10-39-26(15-21)33-18-35-39/h4-10,13,15,17-18,20H,1,11-12,14,16H2,2-3H3,(H,32,34,36). The van der Waals surface area contributed by atoms with Crippen molar-refractivity contribution in [1.82, 2.24) is 29.5 Å². The number of hydrogen-bond acceptors (Lipinski definition) is 7. The number of nitrogens with zero attached hydrogens (tertiary/aromatic N) is 7. The molecule has 0 radical (unpaired) electrons. The minimum Gasteiger partial charge on any atom is -0.365 e. The molecule has 3 aromatic heterocycles. The Morgan fingerprint density at radius 1 is 1.12 bits per heavy atom. The van der Waals surface area contributed by atoms with Crippen molar-refractivity contribution in [2.24, 2.45) is 0 Å². The molecule has 1 saturated heterocycles. The van der Waals surface area contributed by atoms with Gasteiger partial charge < -0.3 is 15.1 Å². The molecule has 0 spiro atoms. The summed E-state index contributed by atoms with van der Waals surface area (Å²) >= 11 is 0. The molecule has 2 aromatic carbocycles. The van der Waals surface area contributed by atoms with Gasteiger partial charge in [0.05, 0.1) is 16.6 Å². The third kappa shape index (κ3) is 4.72. The minimum atomic E-state index is -0.381. The summed E-state index contributed by atoms with van der Waals surface area (Å²) in [6.45, 7) is 9.14. The van der Waals surface area contributed by atoms with Crippen LogP contribution in [0.4, 0.5) is 21.6 Å². The van der Waals surface area contributed by atoms with Gasteiger partial charge in [-0.3, -0.25) is 4.79 Å². The molecule has 1 unspecified atom stereocenters. The van der Waals surface area contributed by atoms with Crippen LogP contribution in [0.1, 0.15) is 23.6 Å². The summed E-state index contributed by atoms with van der Waals surface area (Å²) in [5, 5.41) is 7.80. The number of fused-ring (bicyclic) bond motifs is 2. The Hall–Kier alpha value is -4.86. The lowest BCUT2D eigenvalue weighted by atomic mass is 10.0. The molecule has 9 nitrogen and oxygen atoms in total. The van der Waals surface area contributed by atoms with E-state index in [-0.39, 0.29) is 17.8 Å². The number of pyridine rings is 1. The Bertz CT molecular complexity index is 1750. The molecule has 0 aliphatic carbocycles. The van der Waals surface area contributed by atoms with Crippen LogP contribution in [0.5, 0.6) is 0 Å². The number of rotatable bonds is 6. The van der Waals surface area contributed by atoms with Crippen LogP contribution in [0.25, 0.3) is 16.6 Å². The van der Waals surface area contributed by atoms with E-state index < -0.39 is 0 Å². The largest absolute Gasteiger partial charge is 0.365 e. The lowest BCUT2D eigenvalue weighted by molar-refractivity contribution is -0.128. The number of anilines is 3. The van der Waals surface area contributed by atoms with Gasteiger partial charge in [0.25, 0.3) is 0 Å². The zero-order chi connectivity index (χ0) is 27.8. The highest BCUT2D eigenvalue weighted by Crippen LogP contribution is 2.33. The van der Waals surface area contributed by atoms with Crippen molar-refractivity contribution in [3.05, 3.63) is 96.5 Å². The van der Waals surface area contributed by atoms with E-state index >= 15 is 4.39 Å². The predicted octanol–water partition coefficient (Wildman–Crippen LogP) is 4.68. The van der Waals surface area contributed by atoms with Crippen LogP contribution in [-0.4, -0.2) is 61.0 Å². The second-order valence-electron chi connectivity index (χ2n) is 10.1. The summed E-state index contributed by atoms with van der Waals surface area (Å²) in [6.07, 6.45) is 6.97. The highest BCUT2D eigenvalue weighted by molar-refractivity contribution is 5.94. The van der Waals surface area contributed by atoms with Crippen molar-refractivity contribution in [1.29, 1.82) is 0 Å². The molecule has 40 heavy (non-hydrogen) atoms. The quantitative estimate of drug-likeness (QED) is 0.315. The SMILES string of the molecule is C=CC(=O)N1CCN(c2ccc3ncnc(Nc4ccc(Cc5ccn6ncnc6c5)c(C)c4)c3c2F)CC1C. The molecule has 1 fully saturated rings. The van der Waals surface area contributed by atoms with Gasteiger partial charge in [0.15, 0.2) is 11.5 Å². The van der Waals surface area contributed by atoms with Crippen molar-refractivity contribution in [2.45, 2.75) is 26.3 Å². The fourth-order valence-corrected chi connectivity index (χ4v) is 5.36. The van der Waals surface area contributed by atoms with Crippen molar-refractivity contribution in [2.75, 3.05) is 29.9 Å². The van der Waals surface area contributed by atoms with Gasteiger partial charge in [-0.25, -0.2) is 23.9 Å². The lowest BCUT2D eigenvalue weighted by Crippen LogP contribution is -2.53. The Morgan fingerprint density at radius 2 is 2.00 bits per heavy atom. The van der Waals surface area contributed by atoms with Crippen molar-refractivity contribution < 1.29 is 9.18 Å². The summed E-state index contributed by atoms with van der Waals surface area (Å²) in [5.74, 6) is -0.0838. The van der Waals surface area contributed by atoms with Crippen LogP contribution in [-0.2, 0) is 11.2 Å². The van der Waals surface area contributed by atoms with E-state index in [2.05, 4.69) is 44.9 Å². The topological polar surface area (TPSA) is 91.6 Å². The Labute approximate surface area is 231 Å². The highest BCUT2D eigenvalue weighted by atomic mass is 19.1. The Balaban J connectivity index is 1.25. The second kappa shape index (κ2) is 10.4. The van der Waals surface area contributed by atoms with Crippen molar-refractivity contribution in [3.63, 3.8) is 0 Å². The van der Waals surface area contributed by atoms with Crippen molar-refractivity contribution >= 4 is 39.6 Å². The summed E-state index contributed by atoms with van der Waals surface area (Å²) in [7, 11) is 0. The van der Waals surface area contributed by atoms with Gasteiger partial charge in [0, 0.05) is 37.6 Å². The lowest BCUT2D eigenvalue weighted by Gasteiger charge is -2.40. The van der Waals surface area contributed by atoms with Gasteiger partial charge in [-0.05, 0) is 79.4 Å². The van der Waals surface area contributed by atoms with E-state index in [1.807, 2.05) is 48.4 Å². The molecular formula is C30H29FN8O. The molecule has 5 aromatic rings. The summed E-state index contributed by atoms with van der Waals surface area (Å²) < 4.78 is 17.8. The first kappa shape index (κ1) is 25.4. The molecule has 1 amide bonds. The van der Waals surface area contributed by atoms with E-state index in [1.165, 1.54) is 18.0 Å². The second-order valence-corrected chi connectivity index (χ2v) is 10.1. The fraction of sp³-hybridized carbons (Fsp3) is 0.233. The number of piperazine rings is 1. The number of nitrogens with one attached hydrogen (secondary N) is 1. The van der Waals surface area contributed by atoms with Crippen molar-refractivity contribution in [3.8, 4) is 0 Å². The number of benzene rings is 2. The van der Waals surface area contributed by atoms with E-state index in [1.54, 1.807) is 21.8 Å². The van der Waals surface area contributed by atoms with Gasteiger partial charge in [-0.1, -0.05) is 12.6 Å². The summed E-state index contributed by atoms with van der Waals surface area (Å²) in [4.78, 5) is 28.8. The highest BCUT2D eigenvalue weighted by Gasteiger charge is 2.28. The fourth-order valence-electron chi connectivity index (χ4n) is 5.36. The third-order valence-corrected chi connectivity index (χ3v) is 7.49. The predicted molar refractivity (Wildman–Crippen MR) is 153 cm³/mol. The summed E-state index contributed by atoms with van der Waals surface area (Å²) in [5.41, 5.74) is 6.04. The summed E-state index contributed by atoms with van der Waals surface area (Å²) in [6, 6.07) is 13.7. The molecule has 1 aliphatic heterocycles. The molecule has 1 N–H and O–H groups in total. The molecule has 0 bridgehead atoms. The maximum Gasteiger partial charge on any atom is 0.246 e. The number of carbonyl (C=O) groups excluding carboxylic acids is 1. The van der Waals surface area contributed by atoms with E-state index in [4.69, 9.17) is 0 Å². The monoisotopic (exact) mass is 536 g/mol. The van der Waals surface area contributed by atoms with Gasteiger partial charge in [-0.2, -0.15) is 5.10 Å². The number of aromatic nitrogens is 5. The average molecular weight is 537 g/mol. The normalized spacial score (nSPS) is 15.5. The molecule has 4 heterocycles. The molecule has 0 saturated carbocycles. The maximum atomic E-state index is 16.1. The van der Waals surface area contributed by atoms with Crippen LogP contribution < -0.4 is 10.2 Å². The van der Waals surface area contributed by atoms with Gasteiger partial charge >= 0.3 is 0 Å². The Morgan fingerprint density at radius 3 is 2.80 bits per heavy atom. The first-order valence-electron chi connectivity index (χ1n) is 13.2. The molecule has 1 atom stereocenters. The molecule has 202 valence electrons. The number of halogens is 1. The maximum absolute atomic E-state index is 16.1. The van der Waals surface area contributed by atoms with Crippen LogP contribution in [0.15, 0.2) is 74.0 Å². The van der Waals surface area contributed by atoms with Gasteiger partial charge in [0.1, 0.15) is 18.5 Å². The zero-order valence-corrected chi connectivity index (χ0v) is 22.4. The van der Waals surface area contributed by atoms with Crippen LogP contribution in [0, 0.1) is 12.7 Å². The van der Waals surface area contributed by atoms with E-state index in [0.717, 1.165) is 28.9 Å². The number of carbonyl (C=O) groups is 1. The van der Waals surface area contributed by atoms with Crippen LogP contribution >= 0.6 is 0 Å². The van der Waals surface area contributed by atoms with Crippen LogP contribution in [0.2, 0.25) is 0 Å². The third-order valence-electron chi connectivity index (χ3n) is 7.49. The van der Waals surface area contributed by atoms with Crippen LogP contribution in [0.3, 0.4) is 0 Å².